The molecule has 1 aromatic carbocycles. The van der Waals surface area contributed by atoms with Gasteiger partial charge >= 0.3 is 6.18 Å². The van der Waals surface area contributed by atoms with Crippen LogP contribution in [-0.4, -0.2) is 23.4 Å². The van der Waals surface area contributed by atoms with Crippen LogP contribution < -0.4 is 0 Å². The van der Waals surface area contributed by atoms with Crippen LogP contribution in [0.15, 0.2) is 22.7 Å². The Balaban J connectivity index is 2.35. The molecule has 21 heavy (non-hydrogen) atoms. The number of rotatable bonds is 1. The zero-order valence-corrected chi connectivity index (χ0v) is 13.5. The highest BCUT2D eigenvalue weighted by molar-refractivity contribution is 9.10. The van der Waals surface area contributed by atoms with Crippen molar-refractivity contribution in [3.63, 3.8) is 0 Å². The smallest absolute Gasteiger partial charge is 0.336 e. The van der Waals surface area contributed by atoms with Gasteiger partial charge in [0.15, 0.2) is 0 Å². The Hall–Kier alpha value is -1.04. The number of benzene rings is 1. The molecule has 1 amide bonds. The van der Waals surface area contributed by atoms with Gasteiger partial charge in [0, 0.05) is 17.1 Å². The Kier molecular flexibility index (Phi) is 4.66. The minimum absolute atomic E-state index is 0.0361. The summed E-state index contributed by atoms with van der Waals surface area (Å²) in [4.78, 5) is 14.1. The van der Waals surface area contributed by atoms with Crippen LogP contribution in [0.2, 0.25) is 0 Å². The van der Waals surface area contributed by atoms with Crippen molar-refractivity contribution in [2.45, 2.75) is 38.9 Å². The predicted octanol–water partition coefficient (Wildman–Crippen LogP) is 4.73. The second-order valence-electron chi connectivity index (χ2n) is 5.66. The molecule has 1 aliphatic rings. The van der Waals surface area contributed by atoms with E-state index < -0.39 is 17.6 Å². The molecule has 1 saturated heterocycles. The summed E-state index contributed by atoms with van der Waals surface area (Å²) in [6.07, 6.45) is -2.89. The average Bonchev–Trinajstić information content (AvgIpc) is 2.37. The maximum Gasteiger partial charge on any atom is 0.417 e. The molecule has 1 heterocycles. The first-order valence-corrected chi connectivity index (χ1v) is 7.67. The van der Waals surface area contributed by atoms with Crippen LogP contribution in [0.25, 0.3) is 0 Å². The molecule has 2 atom stereocenters. The zero-order valence-electron chi connectivity index (χ0n) is 11.9. The monoisotopic (exact) mass is 363 g/mol. The van der Waals surface area contributed by atoms with E-state index in [4.69, 9.17) is 0 Å². The maximum atomic E-state index is 13.1. The number of amides is 1. The first kappa shape index (κ1) is 16.3. The topological polar surface area (TPSA) is 20.3 Å². The molecule has 0 aliphatic carbocycles. The van der Waals surface area contributed by atoms with Crippen molar-refractivity contribution in [1.82, 2.24) is 4.90 Å². The maximum absolute atomic E-state index is 13.1. The minimum atomic E-state index is -4.54. The third-order valence-electron chi connectivity index (χ3n) is 3.92. The van der Waals surface area contributed by atoms with E-state index in [1.807, 2.05) is 6.92 Å². The van der Waals surface area contributed by atoms with Crippen LogP contribution in [0.4, 0.5) is 13.2 Å². The number of hydrogen-bond acceptors (Lipinski definition) is 1. The van der Waals surface area contributed by atoms with Crippen LogP contribution in [0.5, 0.6) is 0 Å². The largest absolute Gasteiger partial charge is 0.417 e. The van der Waals surface area contributed by atoms with E-state index in [1.54, 1.807) is 4.90 Å². The van der Waals surface area contributed by atoms with Crippen LogP contribution in [0, 0.1) is 5.92 Å². The molecule has 1 aromatic rings. The molecule has 1 aliphatic heterocycles. The Morgan fingerprint density at radius 1 is 1.33 bits per heavy atom. The Morgan fingerprint density at radius 2 is 2.00 bits per heavy atom. The lowest BCUT2D eigenvalue weighted by molar-refractivity contribution is -0.138. The lowest BCUT2D eigenvalue weighted by Gasteiger charge is -2.37. The van der Waals surface area contributed by atoms with Gasteiger partial charge in [-0.25, -0.2) is 0 Å². The first-order chi connectivity index (χ1) is 9.70. The van der Waals surface area contributed by atoms with Gasteiger partial charge in [0.2, 0.25) is 0 Å². The third kappa shape index (κ3) is 3.59. The fraction of sp³-hybridized carbons (Fsp3) is 0.533. The summed E-state index contributed by atoms with van der Waals surface area (Å²) in [5.41, 5.74) is -1.15. The van der Waals surface area contributed by atoms with Gasteiger partial charge in [0.05, 0.1) is 11.1 Å². The molecule has 2 rings (SSSR count). The van der Waals surface area contributed by atoms with Crippen molar-refractivity contribution < 1.29 is 18.0 Å². The Labute approximate surface area is 130 Å². The van der Waals surface area contributed by atoms with Crippen molar-refractivity contribution in [1.29, 1.82) is 0 Å². The van der Waals surface area contributed by atoms with Crippen LogP contribution >= 0.6 is 15.9 Å². The number of likely N-dealkylation sites (tertiary alicyclic amines) is 1. The van der Waals surface area contributed by atoms with Gasteiger partial charge in [-0.3, -0.25) is 4.79 Å². The quantitative estimate of drug-likeness (QED) is 0.706. The molecule has 1 fully saturated rings. The van der Waals surface area contributed by atoms with Crippen molar-refractivity contribution in [2.75, 3.05) is 6.54 Å². The number of carbonyl (C=O) groups excluding carboxylic acids is 1. The van der Waals surface area contributed by atoms with Crippen LogP contribution in [0.3, 0.4) is 0 Å². The van der Waals surface area contributed by atoms with Gasteiger partial charge in [-0.05, 0) is 43.9 Å². The van der Waals surface area contributed by atoms with E-state index in [2.05, 4.69) is 22.9 Å². The fourth-order valence-electron chi connectivity index (χ4n) is 2.80. The average molecular weight is 364 g/mol. The summed E-state index contributed by atoms with van der Waals surface area (Å²) in [5, 5.41) is 0. The summed E-state index contributed by atoms with van der Waals surface area (Å²) in [7, 11) is 0. The minimum Gasteiger partial charge on any atom is -0.336 e. The zero-order chi connectivity index (χ0) is 15.8. The summed E-state index contributed by atoms with van der Waals surface area (Å²) in [5.74, 6) is -0.0368. The van der Waals surface area contributed by atoms with Crippen molar-refractivity contribution >= 4 is 21.8 Å². The number of piperidine rings is 1. The van der Waals surface area contributed by atoms with Crippen molar-refractivity contribution in [3.8, 4) is 0 Å². The number of alkyl halides is 3. The van der Waals surface area contributed by atoms with E-state index in [1.165, 1.54) is 12.1 Å². The summed E-state index contributed by atoms with van der Waals surface area (Å²) < 4.78 is 39.7. The van der Waals surface area contributed by atoms with Gasteiger partial charge < -0.3 is 4.90 Å². The van der Waals surface area contributed by atoms with Gasteiger partial charge in [-0.2, -0.15) is 13.2 Å². The highest BCUT2D eigenvalue weighted by Crippen LogP contribution is 2.35. The molecular formula is C15H17BrF3NO. The summed E-state index contributed by atoms with van der Waals surface area (Å²) >= 11 is 3.03. The van der Waals surface area contributed by atoms with E-state index in [0.717, 1.165) is 18.9 Å². The molecule has 6 heteroatoms. The van der Waals surface area contributed by atoms with Crippen LogP contribution in [0.1, 0.15) is 42.6 Å². The molecule has 0 aromatic heterocycles. The molecule has 2 unspecified atom stereocenters. The predicted molar refractivity (Wildman–Crippen MR) is 78.0 cm³/mol. The van der Waals surface area contributed by atoms with Gasteiger partial charge in [0.25, 0.3) is 5.91 Å². The lowest BCUT2D eigenvalue weighted by Crippen LogP contribution is -2.44. The SMILES string of the molecule is CC1CCN(C(=O)c2ccc(Br)cc2C(F)(F)F)C(C)C1. The summed E-state index contributed by atoms with van der Waals surface area (Å²) in [6, 6.07) is 3.65. The number of carbonyl (C=O) groups is 1. The Bertz CT molecular complexity index is 544. The van der Waals surface area contributed by atoms with Crippen LogP contribution in [-0.2, 0) is 6.18 Å². The number of hydrogen-bond donors (Lipinski definition) is 0. The highest BCUT2D eigenvalue weighted by Gasteiger charge is 2.37. The van der Waals surface area contributed by atoms with Gasteiger partial charge in [-0.15, -0.1) is 0 Å². The first-order valence-electron chi connectivity index (χ1n) is 6.88. The molecular weight excluding hydrogens is 347 g/mol. The molecule has 0 N–H and O–H groups in total. The Morgan fingerprint density at radius 3 is 2.57 bits per heavy atom. The highest BCUT2D eigenvalue weighted by atomic mass is 79.9. The molecule has 116 valence electrons. The standard InChI is InChI=1S/C15H17BrF3NO/c1-9-5-6-20(10(2)7-9)14(21)12-4-3-11(16)8-13(12)15(17,18)19/h3-4,8-10H,5-7H2,1-2H3. The molecule has 0 saturated carbocycles. The second-order valence-corrected chi connectivity index (χ2v) is 6.58. The fourth-order valence-corrected chi connectivity index (χ4v) is 3.16. The normalized spacial score (nSPS) is 23.2. The van der Waals surface area contributed by atoms with Crippen molar-refractivity contribution in [2.24, 2.45) is 5.92 Å². The van der Waals surface area contributed by atoms with E-state index in [-0.39, 0.29) is 11.6 Å². The summed E-state index contributed by atoms with van der Waals surface area (Å²) in [6.45, 7) is 4.49. The molecule has 0 bridgehead atoms. The molecule has 0 radical (unpaired) electrons. The lowest BCUT2D eigenvalue weighted by atomic mass is 9.92. The van der Waals surface area contributed by atoms with Gasteiger partial charge in [0.1, 0.15) is 0 Å². The van der Waals surface area contributed by atoms with E-state index in [0.29, 0.717) is 16.9 Å². The third-order valence-corrected chi connectivity index (χ3v) is 4.41. The van der Waals surface area contributed by atoms with E-state index in [9.17, 15) is 18.0 Å². The van der Waals surface area contributed by atoms with Crippen molar-refractivity contribution in [3.05, 3.63) is 33.8 Å². The number of nitrogens with zero attached hydrogens (tertiary/aromatic N) is 1. The van der Waals surface area contributed by atoms with E-state index >= 15 is 0 Å². The number of halogens is 4. The second kappa shape index (κ2) is 5.99. The molecule has 2 nitrogen and oxygen atoms in total. The van der Waals surface area contributed by atoms with Gasteiger partial charge in [-0.1, -0.05) is 22.9 Å². The molecule has 0 spiro atoms.